The molecule has 0 aliphatic heterocycles. The van der Waals surface area contributed by atoms with E-state index in [4.69, 9.17) is 16.2 Å². The first-order valence-electron chi connectivity index (χ1n) is 4.06. The van der Waals surface area contributed by atoms with Crippen molar-refractivity contribution in [3.8, 4) is 0 Å². The van der Waals surface area contributed by atoms with Crippen LogP contribution in [0.1, 0.15) is 27.2 Å². The SMILES string of the molecule is CC(C)OCCC(C)(N)C(N)=O. The van der Waals surface area contributed by atoms with Crippen molar-refractivity contribution < 1.29 is 9.53 Å². The van der Waals surface area contributed by atoms with E-state index in [1.54, 1.807) is 6.92 Å². The van der Waals surface area contributed by atoms with Gasteiger partial charge in [0.25, 0.3) is 0 Å². The van der Waals surface area contributed by atoms with E-state index < -0.39 is 11.4 Å². The van der Waals surface area contributed by atoms with Crippen molar-refractivity contribution in [2.24, 2.45) is 11.5 Å². The first kappa shape index (κ1) is 11.4. The van der Waals surface area contributed by atoms with Crippen molar-refractivity contribution in [2.45, 2.75) is 38.8 Å². The molecule has 1 amide bonds. The van der Waals surface area contributed by atoms with Gasteiger partial charge in [-0.15, -0.1) is 0 Å². The number of ether oxygens (including phenoxy) is 1. The normalized spacial score (nSPS) is 16.1. The molecule has 4 nitrogen and oxygen atoms in total. The summed E-state index contributed by atoms with van der Waals surface area (Å²) in [6, 6.07) is 0. The first-order valence-corrected chi connectivity index (χ1v) is 4.06. The lowest BCUT2D eigenvalue weighted by molar-refractivity contribution is -0.123. The maximum absolute atomic E-state index is 10.7. The van der Waals surface area contributed by atoms with Gasteiger partial charge < -0.3 is 16.2 Å². The van der Waals surface area contributed by atoms with Crippen LogP contribution in [-0.4, -0.2) is 24.2 Å². The van der Waals surface area contributed by atoms with Crippen molar-refractivity contribution in [2.75, 3.05) is 6.61 Å². The van der Waals surface area contributed by atoms with Crippen LogP contribution in [0, 0.1) is 0 Å². The Bertz CT molecular complexity index is 155. The molecule has 0 aromatic carbocycles. The first-order chi connectivity index (χ1) is 5.36. The van der Waals surface area contributed by atoms with Gasteiger partial charge in [0.05, 0.1) is 11.6 Å². The van der Waals surface area contributed by atoms with Gasteiger partial charge in [0.1, 0.15) is 0 Å². The van der Waals surface area contributed by atoms with Gasteiger partial charge in [-0.3, -0.25) is 4.79 Å². The van der Waals surface area contributed by atoms with E-state index in [0.717, 1.165) is 0 Å². The Kier molecular flexibility index (Phi) is 4.20. The molecule has 0 bridgehead atoms. The molecule has 0 spiro atoms. The smallest absolute Gasteiger partial charge is 0.237 e. The van der Waals surface area contributed by atoms with Gasteiger partial charge in [0.15, 0.2) is 0 Å². The Balaban J connectivity index is 3.69. The summed E-state index contributed by atoms with van der Waals surface area (Å²) in [6.45, 7) is 5.93. The average Bonchev–Trinajstić information content (AvgIpc) is 1.85. The number of rotatable bonds is 5. The average molecular weight is 174 g/mol. The minimum absolute atomic E-state index is 0.161. The van der Waals surface area contributed by atoms with Gasteiger partial charge in [-0.25, -0.2) is 0 Å². The molecular formula is C8H18N2O2. The van der Waals surface area contributed by atoms with Gasteiger partial charge in [-0.05, 0) is 27.2 Å². The largest absolute Gasteiger partial charge is 0.379 e. The lowest BCUT2D eigenvalue weighted by Gasteiger charge is -2.20. The van der Waals surface area contributed by atoms with E-state index >= 15 is 0 Å². The zero-order valence-electron chi connectivity index (χ0n) is 7.96. The van der Waals surface area contributed by atoms with Gasteiger partial charge in [-0.1, -0.05) is 0 Å². The number of nitrogens with two attached hydrogens (primary N) is 2. The quantitative estimate of drug-likeness (QED) is 0.616. The molecule has 4 heteroatoms. The van der Waals surface area contributed by atoms with E-state index in [1.807, 2.05) is 13.8 Å². The third-order valence-corrected chi connectivity index (χ3v) is 1.64. The summed E-state index contributed by atoms with van der Waals surface area (Å²) in [4.78, 5) is 10.7. The third kappa shape index (κ3) is 4.31. The van der Waals surface area contributed by atoms with E-state index in [2.05, 4.69) is 0 Å². The maximum Gasteiger partial charge on any atom is 0.237 e. The topological polar surface area (TPSA) is 78.3 Å². The predicted molar refractivity (Wildman–Crippen MR) is 47.5 cm³/mol. The Morgan fingerprint density at radius 1 is 1.58 bits per heavy atom. The minimum atomic E-state index is -0.950. The summed E-state index contributed by atoms with van der Waals surface area (Å²) >= 11 is 0. The summed E-state index contributed by atoms with van der Waals surface area (Å²) in [5, 5.41) is 0. The highest BCUT2D eigenvalue weighted by Gasteiger charge is 2.24. The molecule has 0 aliphatic rings. The Morgan fingerprint density at radius 2 is 2.08 bits per heavy atom. The lowest BCUT2D eigenvalue weighted by Crippen LogP contribution is -2.50. The molecule has 0 fully saturated rings. The van der Waals surface area contributed by atoms with Crippen molar-refractivity contribution in [3.63, 3.8) is 0 Å². The second-order valence-corrected chi connectivity index (χ2v) is 3.45. The van der Waals surface area contributed by atoms with Crippen LogP contribution in [0.15, 0.2) is 0 Å². The fraction of sp³-hybridized carbons (Fsp3) is 0.875. The van der Waals surface area contributed by atoms with Gasteiger partial charge >= 0.3 is 0 Å². The Hall–Kier alpha value is -0.610. The molecule has 0 aliphatic carbocycles. The highest BCUT2D eigenvalue weighted by Crippen LogP contribution is 2.05. The summed E-state index contributed by atoms with van der Waals surface area (Å²) in [5.41, 5.74) is 9.71. The number of carbonyl (C=O) groups is 1. The van der Waals surface area contributed by atoms with Crippen LogP contribution in [-0.2, 0) is 9.53 Å². The second kappa shape index (κ2) is 4.42. The van der Waals surface area contributed by atoms with Crippen LogP contribution in [0.2, 0.25) is 0 Å². The molecule has 0 radical (unpaired) electrons. The van der Waals surface area contributed by atoms with E-state index in [0.29, 0.717) is 13.0 Å². The van der Waals surface area contributed by atoms with Crippen molar-refractivity contribution in [3.05, 3.63) is 0 Å². The van der Waals surface area contributed by atoms with Crippen LogP contribution < -0.4 is 11.5 Å². The van der Waals surface area contributed by atoms with Crippen molar-refractivity contribution in [1.82, 2.24) is 0 Å². The van der Waals surface area contributed by atoms with Crippen molar-refractivity contribution in [1.29, 1.82) is 0 Å². The summed E-state index contributed by atoms with van der Waals surface area (Å²) < 4.78 is 5.24. The molecule has 0 aromatic heterocycles. The highest BCUT2D eigenvalue weighted by molar-refractivity contribution is 5.83. The van der Waals surface area contributed by atoms with E-state index in [1.165, 1.54) is 0 Å². The van der Waals surface area contributed by atoms with Crippen LogP contribution in [0.4, 0.5) is 0 Å². The monoisotopic (exact) mass is 174 g/mol. The number of hydrogen-bond acceptors (Lipinski definition) is 3. The highest BCUT2D eigenvalue weighted by atomic mass is 16.5. The minimum Gasteiger partial charge on any atom is -0.379 e. The molecule has 72 valence electrons. The van der Waals surface area contributed by atoms with E-state index in [9.17, 15) is 4.79 Å². The van der Waals surface area contributed by atoms with Crippen LogP contribution >= 0.6 is 0 Å². The molecule has 0 aromatic rings. The number of primary amides is 1. The van der Waals surface area contributed by atoms with Crippen LogP contribution in [0.5, 0.6) is 0 Å². The Morgan fingerprint density at radius 3 is 2.42 bits per heavy atom. The molecule has 0 saturated heterocycles. The molecular weight excluding hydrogens is 156 g/mol. The summed E-state index contributed by atoms with van der Waals surface area (Å²) in [5.74, 6) is -0.491. The molecule has 0 rings (SSSR count). The van der Waals surface area contributed by atoms with Gasteiger partial charge in [-0.2, -0.15) is 0 Å². The number of carbonyl (C=O) groups excluding carboxylic acids is 1. The second-order valence-electron chi connectivity index (χ2n) is 3.45. The number of amides is 1. The fourth-order valence-electron chi connectivity index (χ4n) is 0.630. The molecule has 1 unspecified atom stereocenters. The van der Waals surface area contributed by atoms with Gasteiger partial charge in [0, 0.05) is 6.61 Å². The molecule has 0 saturated carbocycles. The fourth-order valence-corrected chi connectivity index (χ4v) is 0.630. The number of hydrogen-bond donors (Lipinski definition) is 2. The molecule has 4 N–H and O–H groups in total. The molecule has 0 heterocycles. The van der Waals surface area contributed by atoms with E-state index in [-0.39, 0.29) is 6.10 Å². The van der Waals surface area contributed by atoms with Crippen LogP contribution in [0.3, 0.4) is 0 Å². The lowest BCUT2D eigenvalue weighted by atomic mass is 9.99. The Labute approximate surface area is 73.2 Å². The maximum atomic E-state index is 10.7. The van der Waals surface area contributed by atoms with Crippen molar-refractivity contribution >= 4 is 5.91 Å². The zero-order valence-corrected chi connectivity index (χ0v) is 7.96. The third-order valence-electron chi connectivity index (χ3n) is 1.64. The standard InChI is InChI=1S/C8H18N2O2/c1-6(2)12-5-4-8(3,10)7(9)11/h6H,4-5,10H2,1-3H3,(H2,9,11). The summed E-state index contributed by atoms with van der Waals surface area (Å²) in [6.07, 6.45) is 0.620. The van der Waals surface area contributed by atoms with Gasteiger partial charge in [0.2, 0.25) is 5.91 Å². The molecule has 1 atom stereocenters. The predicted octanol–water partition coefficient (Wildman–Crippen LogP) is 0.00420. The van der Waals surface area contributed by atoms with Crippen LogP contribution in [0.25, 0.3) is 0 Å². The molecule has 12 heavy (non-hydrogen) atoms. The zero-order chi connectivity index (χ0) is 9.78. The summed E-state index contributed by atoms with van der Waals surface area (Å²) in [7, 11) is 0.